The van der Waals surface area contributed by atoms with Crippen LogP contribution in [-0.2, 0) is 19.6 Å². The van der Waals surface area contributed by atoms with E-state index in [1.807, 2.05) is 11.8 Å². The molecule has 0 radical (unpaired) electrons. The topological polar surface area (TPSA) is 86.8 Å². The van der Waals surface area contributed by atoms with Gasteiger partial charge in [0.1, 0.15) is 6.04 Å². The minimum absolute atomic E-state index is 0.0429. The maximum absolute atomic E-state index is 12.8. The highest BCUT2D eigenvalue weighted by Crippen LogP contribution is 2.34. The van der Waals surface area contributed by atoms with Crippen LogP contribution in [0.4, 0.5) is 0 Å². The van der Waals surface area contributed by atoms with Crippen LogP contribution in [-0.4, -0.2) is 67.5 Å². The summed E-state index contributed by atoms with van der Waals surface area (Å²) in [6, 6.07) is -0.394. The third-order valence-electron chi connectivity index (χ3n) is 5.37. The summed E-state index contributed by atoms with van der Waals surface area (Å²) in [5, 5.41) is 0. The Hall–Kier alpha value is -1.15. The first kappa shape index (κ1) is 18.6. The van der Waals surface area contributed by atoms with E-state index in [-0.39, 0.29) is 35.6 Å². The lowest BCUT2D eigenvalue weighted by Crippen LogP contribution is -2.52. The van der Waals surface area contributed by atoms with Crippen LogP contribution >= 0.6 is 0 Å². The fraction of sp³-hybridized carbons (Fsp3) is 0.882. The molecular formula is C17H29N3O4S. The quantitative estimate of drug-likeness (QED) is 0.745. The molecule has 3 aliphatic rings. The molecular weight excluding hydrogens is 342 g/mol. The van der Waals surface area contributed by atoms with E-state index in [0.29, 0.717) is 38.9 Å². The number of hydrogen-bond donors (Lipinski definition) is 1. The Morgan fingerprint density at radius 2 is 1.68 bits per heavy atom. The third-order valence-corrected chi connectivity index (χ3v) is 7.01. The summed E-state index contributed by atoms with van der Waals surface area (Å²) in [4.78, 5) is 28.8. The van der Waals surface area contributed by atoms with Crippen molar-refractivity contribution < 1.29 is 18.0 Å². The standard InChI is InChI=1S/C17H29N3O4S/c1-2-12-25(23,24)18-14-7-10-19(11-8-14)17(22)15-4-3-9-20(15)16(21)13-5-6-13/h13-15,18H,2-12H2,1H3. The number of carbonyl (C=O) groups excluding carboxylic acids is 2. The highest BCUT2D eigenvalue weighted by molar-refractivity contribution is 7.89. The molecule has 0 bridgehead atoms. The number of nitrogens with one attached hydrogen (secondary N) is 1. The normalized spacial score (nSPS) is 25.4. The van der Waals surface area contributed by atoms with Crippen molar-refractivity contribution in [3.05, 3.63) is 0 Å². The van der Waals surface area contributed by atoms with Gasteiger partial charge in [-0.15, -0.1) is 0 Å². The molecule has 8 heteroatoms. The summed E-state index contributed by atoms with van der Waals surface area (Å²) in [5.41, 5.74) is 0. The Balaban J connectivity index is 1.52. The molecule has 0 aromatic carbocycles. The van der Waals surface area contributed by atoms with Gasteiger partial charge in [0.15, 0.2) is 0 Å². The number of rotatable bonds is 6. The molecule has 1 aliphatic carbocycles. The van der Waals surface area contributed by atoms with Crippen LogP contribution in [0.25, 0.3) is 0 Å². The van der Waals surface area contributed by atoms with E-state index in [1.54, 1.807) is 4.90 Å². The molecule has 1 unspecified atom stereocenters. The van der Waals surface area contributed by atoms with Gasteiger partial charge in [-0.3, -0.25) is 9.59 Å². The van der Waals surface area contributed by atoms with E-state index in [0.717, 1.165) is 25.7 Å². The zero-order valence-corrected chi connectivity index (χ0v) is 15.8. The lowest BCUT2D eigenvalue weighted by molar-refractivity contribution is -0.145. The van der Waals surface area contributed by atoms with Crippen LogP contribution in [0.15, 0.2) is 0 Å². The van der Waals surface area contributed by atoms with Gasteiger partial charge in [0, 0.05) is 31.6 Å². The van der Waals surface area contributed by atoms with E-state index in [9.17, 15) is 18.0 Å². The van der Waals surface area contributed by atoms with Crippen molar-refractivity contribution in [2.45, 2.75) is 64.0 Å². The van der Waals surface area contributed by atoms with Crippen LogP contribution in [0.1, 0.15) is 51.9 Å². The molecule has 3 fully saturated rings. The summed E-state index contributed by atoms with van der Waals surface area (Å²) in [5.74, 6) is 0.485. The summed E-state index contributed by atoms with van der Waals surface area (Å²) in [6.45, 7) is 3.65. The number of nitrogens with zero attached hydrogens (tertiary/aromatic N) is 2. The van der Waals surface area contributed by atoms with Gasteiger partial charge in [-0.25, -0.2) is 13.1 Å². The predicted molar refractivity (Wildman–Crippen MR) is 94.3 cm³/mol. The Kier molecular flexibility index (Phi) is 5.68. The number of piperidine rings is 1. The van der Waals surface area contributed by atoms with Crippen molar-refractivity contribution in [1.82, 2.24) is 14.5 Å². The number of likely N-dealkylation sites (tertiary alicyclic amines) is 2. The summed E-state index contributed by atoms with van der Waals surface area (Å²) in [6.07, 6.45) is 5.43. The van der Waals surface area contributed by atoms with E-state index >= 15 is 0 Å². The van der Waals surface area contributed by atoms with Crippen LogP contribution in [0.2, 0.25) is 0 Å². The maximum atomic E-state index is 12.8. The monoisotopic (exact) mass is 371 g/mol. The number of hydrogen-bond acceptors (Lipinski definition) is 4. The molecule has 2 amide bonds. The molecule has 0 aromatic rings. The Morgan fingerprint density at radius 3 is 2.28 bits per heavy atom. The van der Waals surface area contributed by atoms with E-state index in [1.165, 1.54) is 0 Å². The minimum Gasteiger partial charge on any atom is -0.341 e. The first-order chi connectivity index (χ1) is 11.9. The van der Waals surface area contributed by atoms with Crippen molar-refractivity contribution in [2.75, 3.05) is 25.4 Å². The highest BCUT2D eigenvalue weighted by Gasteiger charge is 2.42. The number of amides is 2. The first-order valence-corrected chi connectivity index (χ1v) is 11.2. The third kappa shape index (κ3) is 4.53. The van der Waals surface area contributed by atoms with Gasteiger partial charge in [0.05, 0.1) is 5.75 Å². The SMILES string of the molecule is CCCS(=O)(=O)NC1CCN(C(=O)C2CCCN2C(=O)C2CC2)CC1. The molecule has 2 heterocycles. The van der Waals surface area contributed by atoms with E-state index in [4.69, 9.17) is 0 Å². The van der Waals surface area contributed by atoms with Gasteiger partial charge in [0.2, 0.25) is 21.8 Å². The van der Waals surface area contributed by atoms with Crippen molar-refractivity contribution in [1.29, 1.82) is 0 Å². The van der Waals surface area contributed by atoms with Crippen LogP contribution in [0.5, 0.6) is 0 Å². The zero-order valence-electron chi connectivity index (χ0n) is 14.9. The molecule has 0 aromatic heterocycles. The molecule has 25 heavy (non-hydrogen) atoms. The molecule has 142 valence electrons. The largest absolute Gasteiger partial charge is 0.341 e. The molecule has 3 rings (SSSR count). The minimum atomic E-state index is -3.21. The molecule has 0 spiro atoms. The van der Waals surface area contributed by atoms with Gasteiger partial charge in [0.25, 0.3) is 0 Å². The lowest BCUT2D eigenvalue weighted by Gasteiger charge is -2.35. The Labute approximate surface area is 150 Å². The molecule has 7 nitrogen and oxygen atoms in total. The van der Waals surface area contributed by atoms with Gasteiger partial charge >= 0.3 is 0 Å². The first-order valence-electron chi connectivity index (χ1n) is 9.50. The molecule has 1 saturated carbocycles. The van der Waals surface area contributed by atoms with E-state index < -0.39 is 10.0 Å². The lowest BCUT2D eigenvalue weighted by atomic mass is 10.0. The Bertz CT molecular complexity index is 609. The van der Waals surface area contributed by atoms with Crippen molar-refractivity contribution in [3.63, 3.8) is 0 Å². The Morgan fingerprint density at radius 1 is 1.00 bits per heavy atom. The van der Waals surface area contributed by atoms with Crippen molar-refractivity contribution in [3.8, 4) is 0 Å². The van der Waals surface area contributed by atoms with Crippen LogP contribution in [0.3, 0.4) is 0 Å². The highest BCUT2D eigenvalue weighted by atomic mass is 32.2. The summed E-state index contributed by atoms with van der Waals surface area (Å²) in [7, 11) is -3.21. The molecule has 1 N–H and O–H groups in total. The molecule has 2 saturated heterocycles. The number of carbonyl (C=O) groups is 2. The molecule has 1 atom stereocenters. The second-order valence-corrected chi connectivity index (χ2v) is 9.37. The maximum Gasteiger partial charge on any atom is 0.245 e. The smallest absolute Gasteiger partial charge is 0.245 e. The average Bonchev–Trinajstić information content (AvgIpc) is 3.30. The van der Waals surface area contributed by atoms with Gasteiger partial charge in [-0.05, 0) is 44.9 Å². The second-order valence-electron chi connectivity index (χ2n) is 7.50. The zero-order chi connectivity index (χ0) is 18.0. The van der Waals surface area contributed by atoms with Crippen LogP contribution in [0, 0.1) is 5.92 Å². The van der Waals surface area contributed by atoms with Crippen molar-refractivity contribution >= 4 is 21.8 Å². The van der Waals surface area contributed by atoms with Gasteiger partial charge in [-0.1, -0.05) is 6.92 Å². The number of sulfonamides is 1. The fourth-order valence-electron chi connectivity index (χ4n) is 3.86. The summed E-state index contributed by atoms with van der Waals surface area (Å²) < 4.78 is 26.5. The summed E-state index contributed by atoms with van der Waals surface area (Å²) >= 11 is 0. The predicted octanol–water partition coefficient (Wildman–Crippen LogP) is 0.708. The second kappa shape index (κ2) is 7.61. The molecule has 2 aliphatic heterocycles. The van der Waals surface area contributed by atoms with Gasteiger partial charge < -0.3 is 9.80 Å². The van der Waals surface area contributed by atoms with Gasteiger partial charge in [-0.2, -0.15) is 0 Å². The average molecular weight is 372 g/mol. The van der Waals surface area contributed by atoms with Crippen LogP contribution < -0.4 is 4.72 Å². The van der Waals surface area contributed by atoms with Crippen molar-refractivity contribution in [2.24, 2.45) is 5.92 Å². The van der Waals surface area contributed by atoms with E-state index in [2.05, 4.69) is 4.72 Å². The fourth-order valence-corrected chi connectivity index (χ4v) is 5.26.